The molecule has 0 aliphatic rings. The first-order valence-electron chi connectivity index (χ1n) is 6.68. The molecule has 0 aliphatic heterocycles. The summed E-state index contributed by atoms with van der Waals surface area (Å²) in [5.74, 6) is 0. The predicted octanol–water partition coefficient (Wildman–Crippen LogP) is 3.67. The van der Waals surface area contributed by atoms with Crippen LogP contribution in [0.3, 0.4) is 0 Å². The highest BCUT2D eigenvalue weighted by molar-refractivity contribution is 5.39. The fraction of sp³-hybridized carbons (Fsp3) is 0.600. The van der Waals surface area contributed by atoms with Crippen LogP contribution in [0.1, 0.15) is 46.1 Å². The fourth-order valence-corrected chi connectivity index (χ4v) is 2.32. The number of nitrogen functional groups attached to an aromatic ring is 1. The Balaban J connectivity index is 2.76. The number of hydrogen-bond donors (Lipinski definition) is 1. The highest BCUT2D eigenvalue weighted by Crippen LogP contribution is 2.17. The molecule has 0 amide bonds. The molecule has 17 heavy (non-hydrogen) atoms. The molecule has 96 valence electrons. The SMILES string of the molecule is CCC(CC)N(Cc1ccc(N)cc1)C(C)C. The van der Waals surface area contributed by atoms with E-state index in [9.17, 15) is 0 Å². The van der Waals surface area contributed by atoms with Gasteiger partial charge < -0.3 is 5.73 Å². The van der Waals surface area contributed by atoms with Crippen LogP contribution < -0.4 is 5.73 Å². The Morgan fingerprint density at radius 3 is 2.00 bits per heavy atom. The van der Waals surface area contributed by atoms with Crippen molar-refractivity contribution >= 4 is 5.69 Å². The van der Waals surface area contributed by atoms with Crippen LogP contribution in [-0.4, -0.2) is 17.0 Å². The molecule has 2 N–H and O–H groups in total. The van der Waals surface area contributed by atoms with E-state index in [2.05, 4.69) is 44.7 Å². The van der Waals surface area contributed by atoms with E-state index >= 15 is 0 Å². The summed E-state index contributed by atoms with van der Waals surface area (Å²) in [6, 6.07) is 9.49. The summed E-state index contributed by atoms with van der Waals surface area (Å²) in [4.78, 5) is 2.57. The Hall–Kier alpha value is -1.02. The van der Waals surface area contributed by atoms with Crippen LogP contribution in [0.25, 0.3) is 0 Å². The molecular weight excluding hydrogens is 208 g/mol. The maximum Gasteiger partial charge on any atom is 0.0314 e. The molecule has 2 nitrogen and oxygen atoms in total. The number of rotatable bonds is 6. The normalized spacial score (nSPS) is 11.7. The summed E-state index contributed by atoms with van der Waals surface area (Å²) in [5, 5.41) is 0. The second kappa shape index (κ2) is 6.65. The number of nitrogens with two attached hydrogens (primary N) is 1. The lowest BCUT2D eigenvalue weighted by Crippen LogP contribution is -2.39. The van der Waals surface area contributed by atoms with Crippen molar-refractivity contribution in [2.75, 3.05) is 5.73 Å². The van der Waals surface area contributed by atoms with Crippen LogP contribution in [0.2, 0.25) is 0 Å². The summed E-state index contributed by atoms with van der Waals surface area (Å²) in [6.45, 7) is 10.1. The maximum absolute atomic E-state index is 5.72. The van der Waals surface area contributed by atoms with Gasteiger partial charge in [0.05, 0.1) is 0 Å². The van der Waals surface area contributed by atoms with E-state index in [-0.39, 0.29) is 0 Å². The van der Waals surface area contributed by atoms with Gasteiger partial charge in [0.1, 0.15) is 0 Å². The van der Waals surface area contributed by atoms with Crippen LogP contribution >= 0.6 is 0 Å². The molecule has 0 saturated carbocycles. The molecule has 0 bridgehead atoms. The third-order valence-corrected chi connectivity index (χ3v) is 3.42. The molecule has 0 spiro atoms. The van der Waals surface area contributed by atoms with E-state index in [1.54, 1.807) is 0 Å². The zero-order valence-corrected chi connectivity index (χ0v) is 11.6. The molecule has 0 atom stereocenters. The van der Waals surface area contributed by atoms with Gasteiger partial charge in [-0.25, -0.2) is 0 Å². The van der Waals surface area contributed by atoms with Crippen molar-refractivity contribution in [3.63, 3.8) is 0 Å². The van der Waals surface area contributed by atoms with Crippen LogP contribution in [0.15, 0.2) is 24.3 Å². The van der Waals surface area contributed by atoms with E-state index in [4.69, 9.17) is 5.73 Å². The summed E-state index contributed by atoms with van der Waals surface area (Å²) in [7, 11) is 0. The average Bonchev–Trinajstić information content (AvgIpc) is 2.31. The number of benzene rings is 1. The minimum Gasteiger partial charge on any atom is -0.399 e. The van der Waals surface area contributed by atoms with Crippen molar-refractivity contribution in [1.29, 1.82) is 0 Å². The molecule has 1 aromatic carbocycles. The summed E-state index contributed by atoms with van der Waals surface area (Å²) in [6.07, 6.45) is 2.42. The van der Waals surface area contributed by atoms with Crippen LogP contribution in [0, 0.1) is 0 Å². The summed E-state index contributed by atoms with van der Waals surface area (Å²) in [5.41, 5.74) is 7.90. The van der Waals surface area contributed by atoms with E-state index in [1.165, 1.54) is 18.4 Å². The van der Waals surface area contributed by atoms with E-state index in [0.29, 0.717) is 12.1 Å². The Morgan fingerprint density at radius 1 is 1.06 bits per heavy atom. The Bertz CT molecular complexity index is 312. The van der Waals surface area contributed by atoms with Gasteiger partial charge in [0.25, 0.3) is 0 Å². The molecule has 0 aliphatic carbocycles. The minimum atomic E-state index is 0.581. The van der Waals surface area contributed by atoms with Crippen LogP contribution in [-0.2, 0) is 6.54 Å². The topological polar surface area (TPSA) is 29.3 Å². The van der Waals surface area contributed by atoms with E-state index in [0.717, 1.165) is 12.2 Å². The zero-order valence-electron chi connectivity index (χ0n) is 11.6. The molecule has 0 heterocycles. The lowest BCUT2D eigenvalue weighted by Gasteiger charge is -2.34. The van der Waals surface area contributed by atoms with E-state index < -0.39 is 0 Å². The molecule has 0 unspecified atom stereocenters. The smallest absolute Gasteiger partial charge is 0.0314 e. The quantitative estimate of drug-likeness (QED) is 0.761. The Labute approximate surface area is 106 Å². The molecule has 0 saturated heterocycles. The highest BCUT2D eigenvalue weighted by atomic mass is 15.2. The second-order valence-electron chi connectivity index (χ2n) is 4.98. The lowest BCUT2D eigenvalue weighted by atomic mass is 10.1. The molecular formula is C15H26N2. The third kappa shape index (κ3) is 4.04. The third-order valence-electron chi connectivity index (χ3n) is 3.42. The number of anilines is 1. The maximum atomic E-state index is 5.72. The van der Waals surface area contributed by atoms with Gasteiger partial charge in [-0.2, -0.15) is 0 Å². The first-order valence-corrected chi connectivity index (χ1v) is 6.68. The molecule has 2 heteroatoms. The zero-order chi connectivity index (χ0) is 12.8. The Kier molecular flexibility index (Phi) is 5.49. The van der Waals surface area contributed by atoms with Gasteiger partial charge in [-0.15, -0.1) is 0 Å². The number of nitrogens with zero attached hydrogens (tertiary/aromatic N) is 1. The van der Waals surface area contributed by atoms with Gasteiger partial charge in [-0.05, 0) is 44.4 Å². The summed E-state index contributed by atoms with van der Waals surface area (Å²) < 4.78 is 0. The van der Waals surface area contributed by atoms with Gasteiger partial charge in [-0.3, -0.25) is 4.90 Å². The molecule has 0 radical (unpaired) electrons. The van der Waals surface area contributed by atoms with Crippen molar-refractivity contribution in [2.45, 2.75) is 59.2 Å². The second-order valence-corrected chi connectivity index (χ2v) is 4.98. The monoisotopic (exact) mass is 234 g/mol. The van der Waals surface area contributed by atoms with Crippen molar-refractivity contribution in [3.8, 4) is 0 Å². The standard InChI is InChI=1S/C15H26N2/c1-5-15(6-2)17(12(3)4)11-13-7-9-14(16)10-8-13/h7-10,12,15H,5-6,11,16H2,1-4H3. The summed E-state index contributed by atoms with van der Waals surface area (Å²) >= 11 is 0. The van der Waals surface area contributed by atoms with Gasteiger partial charge in [0.2, 0.25) is 0 Å². The van der Waals surface area contributed by atoms with Gasteiger partial charge in [0.15, 0.2) is 0 Å². The van der Waals surface area contributed by atoms with E-state index in [1.807, 2.05) is 12.1 Å². The van der Waals surface area contributed by atoms with Crippen molar-refractivity contribution in [1.82, 2.24) is 4.90 Å². The van der Waals surface area contributed by atoms with Gasteiger partial charge in [0, 0.05) is 24.3 Å². The molecule has 1 rings (SSSR count). The fourth-order valence-electron chi connectivity index (χ4n) is 2.32. The lowest BCUT2D eigenvalue weighted by molar-refractivity contribution is 0.135. The first kappa shape index (κ1) is 14.0. The highest BCUT2D eigenvalue weighted by Gasteiger charge is 2.18. The van der Waals surface area contributed by atoms with Crippen LogP contribution in [0.5, 0.6) is 0 Å². The average molecular weight is 234 g/mol. The van der Waals surface area contributed by atoms with Gasteiger partial charge >= 0.3 is 0 Å². The molecule has 1 aromatic rings. The van der Waals surface area contributed by atoms with Crippen molar-refractivity contribution in [3.05, 3.63) is 29.8 Å². The largest absolute Gasteiger partial charge is 0.399 e. The van der Waals surface area contributed by atoms with Crippen molar-refractivity contribution in [2.24, 2.45) is 0 Å². The predicted molar refractivity (Wildman–Crippen MR) is 75.9 cm³/mol. The molecule has 0 aromatic heterocycles. The van der Waals surface area contributed by atoms with Gasteiger partial charge in [-0.1, -0.05) is 26.0 Å². The number of hydrogen-bond acceptors (Lipinski definition) is 2. The van der Waals surface area contributed by atoms with Crippen LogP contribution in [0.4, 0.5) is 5.69 Å². The first-order chi connectivity index (χ1) is 8.08. The minimum absolute atomic E-state index is 0.581. The Morgan fingerprint density at radius 2 is 1.59 bits per heavy atom. The molecule has 0 fully saturated rings. The van der Waals surface area contributed by atoms with Crippen molar-refractivity contribution < 1.29 is 0 Å².